The SMILES string of the molecule is Cc1c(-c2ccc(C[B]C=O)cc2)c(C2CC2)nn1COCC[Si](C)(C)C.Cc1c(-c2ccc(N)cc2)c(C2CC2)nn1COCC[Si](C)(C)C. The number of aromatic nitrogens is 4. The largest absolute Gasteiger partial charge is 0.399 e. The van der Waals surface area contributed by atoms with Crippen LogP contribution in [0.1, 0.15) is 65.9 Å². The molecule has 0 atom stereocenters. The lowest BCUT2D eigenvalue weighted by Crippen LogP contribution is -2.22. The van der Waals surface area contributed by atoms with Crippen LogP contribution in [0.25, 0.3) is 22.3 Å². The van der Waals surface area contributed by atoms with Gasteiger partial charge >= 0.3 is 0 Å². The Morgan fingerprint density at radius 1 is 0.725 bits per heavy atom. The van der Waals surface area contributed by atoms with E-state index in [4.69, 9.17) is 25.4 Å². The molecule has 6 rings (SSSR count). The molecular weight excluding hydrogens is 665 g/mol. The van der Waals surface area contributed by atoms with Crippen molar-refractivity contribution >= 4 is 35.3 Å². The number of anilines is 1. The van der Waals surface area contributed by atoms with Crippen LogP contribution in [0.3, 0.4) is 0 Å². The minimum Gasteiger partial charge on any atom is -0.399 e. The van der Waals surface area contributed by atoms with Gasteiger partial charge in [-0.1, -0.05) is 81.2 Å². The van der Waals surface area contributed by atoms with Crippen molar-refractivity contribution in [1.82, 2.24) is 19.6 Å². The van der Waals surface area contributed by atoms with E-state index in [0.29, 0.717) is 31.6 Å². The number of carbonyl (C=O) groups excluding carboxylic acids is 1. The van der Waals surface area contributed by atoms with Gasteiger partial charge in [0.1, 0.15) is 13.5 Å². The molecule has 273 valence electrons. The molecule has 0 amide bonds. The monoisotopic (exact) mass is 724 g/mol. The van der Waals surface area contributed by atoms with E-state index in [2.05, 4.69) is 89.5 Å². The van der Waals surface area contributed by atoms with Crippen LogP contribution in [0.2, 0.25) is 51.4 Å². The molecule has 0 spiro atoms. The van der Waals surface area contributed by atoms with Crippen molar-refractivity contribution in [3.8, 4) is 22.3 Å². The van der Waals surface area contributed by atoms with Gasteiger partial charge in [-0.3, -0.25) is 0 Å². The molecule has 51 heavy (non-hydrogen) atoms. The maximum absolute atomic E-state index is 10.5. The van der Waals surface area contributed by atoms with E-state index in [1.54, 1.807) is 7.28 Å². The van der Waals surface area contributed by atoms with E-state index < -0.39 is 16.1 Å². The highest BCUT2D eigenvalue weighted by molar-refractivity contribution is 6.76. The summed E-state index contributed by atoms with van der Waals surface area (Å²) in [5.41, 5.74) is 17.5. The van der Waals surface area contributed by atoms with Crippen molar-refractivity contribution in [3.05, 3.63) is 76.9 Å². The minimum absolute atomic E-state index is 0.530. The predicted molar refractivity (Wildman–Crippen MR) is 218 cm³/mol. The van der Waals surface area contributed by atoms with E-state index in [9.17, 15) is 4.79 Å². The number of rotatable bonds is 17. The van der Waals surface area contributed by atoms with Gasteiger partial charge in [-0.25, -0.2) is 9.36 Å². The molecule has 4 aromatic rings. The molecule has 2 saturated carbocycles. The van der Waals surface area contributed by atoms with E-state index in [-0.39, 0.29) is 0 Å². The molecule has 2 N–H and O–H groups in total. The summed E-state index contributed by atoms with van der Waals surface area (Å²) in [6, 6.07) is 19.0. The summed E-state index contributed by atoms with van der Waals surface area (Å²) in [4.78, 5) is 10.5. The Labute approximate surface area is 308 Å². The highest BCUT2D eigenvalue weighted by Gasteiger charge is 2.32. The lowest BCUT2D eigenvalue weighted by atomic mass is 9.74. The summed E-state index contributed by atoms with van der Waals surface area (Å²) in [6.07, 6.45) is 6.49. The Bertz CT molecular complexity index is 1730. The maximum Gasteiger partial charge on any atom is 0.202 e. The van der Waals surface area contributed by atoms with E-state index in [1.165, 1.54) is 82.8 Å². The van der Waals surface area contributed by atoms with Crippen LogP contribution in [0, 0.1) is 13.8 Å². The molecule has 2 aromatic carbocycles. The number of nitrogens with two attached hydrogens (primary N) is 1. The zero-order chi connectivity index (χ0) is 36.8. The summed E-state index contributed by atoms with van der Waals surface area (Å²) in [5, 5.41) is 9.78. The van der Waals surface area contributed by atoms with Gasteiger partial charge in [-0.15, -0.1) is 0 Å². The fraction of sp³-hybridized carbons (Fsp3) is 0.525. The molecule has 2 aliphatic carbocycles. The molecule has 0 bridgehead atoms. The van der Waals surface area contributed by atoms with Gasteiger partial charge in [-0.2, -0.15) is 10.2 Å². The number of hydrogen-bond donors (Lipinski definition) is 1. The Balaban J connectivity index is 0.000000199. The highest BCUT2D eigenvalue weighted by Crippen LogP contribution is 2.46. The van der Waals surface area contributed by atoms with Gasteiger partial charge in [0.2, 0.25) is 7.28 Å². The summed E-state index contributed by atoms with van der Waals surface area (Å²) >= 11 is 0. The van der Waals surface area contributed by atoms with Gasteiger partial charge < -0.3 is 20.0 Å². The van der Waals surface area contributed by atoms with Gasteiger partial charge in [0, 0.05) is 69.4 Å². The first kappa shape index (κ1) is 39.0. The minimum atomic E-state index is -1.07. The zero-order valence-corrected chi connectivity index (χ0v) is 34.3. The average molecular weight is 725 g/mol. The lowest BCUT2D eigenvalue weighted by molar-refractivity contribution is 0.0768. The zero-order valence-electron chi connectivity index (χ0n) is 32.3. The number of carbonyl (C=O) groups is 1. The first-order valence-corrected chi connectivity index (χ1v) is 26.2. The second-order valence-electron chi connectivity index (χ2n) is 16.8. The molecule has 2 aliphatic rings. The third-order valence-corrected chi connectivity index (χ3v) is 13.1. The third kappa shape index (κ3) is 11.4. The van der Waals surface area contributed by atoms with Gasteiger partial charge in [-0.05, 0) is 81.2 Å². The Morgan fingerprint density at radius 3 is 1.51 bits per heavy atom. The summed E-state index contributed by atoms with van der Waals surface area (Å²) in [5.74, 6) is 1.20. The van der Waals surface area contributed by atoms with Crippen LogP contribution in [0.4, 0.5) is 5.69 Å². The fourth-order valence-electron chi connectivity index (χ4n) is 6.09. The standard InChI is InChI=1S/C21H30BN2O2Si.C19H29N3OSi/c1-16-20(18-7-5-17(6-8-18)13-22-14-25)21(19-9-10-19)23-24(16)15-26-11-12-27(2,3)4;1-14-18(15-7-9-17(20)10-8-15)19(16-5-6-16)21-22(14)13-23-11-12-24(2,3)4/h5-8,14,19H,9-13,15H2,1-4H3;7-10,16H,5-6,11-13,20H2,1-4H3. The van der Waals surface area contributed by atoms with Crippen molar-refractivity contribution in [2.75, 3.05) is 18.9 Å². The maximum atomic E-state index is 10.5. The Kier molecular flexibility index (Phi) is 13.0. The van der Waals surface area contributed by atoms with Gasteiger partial charge in [0.25, 0.3) is 0 Å². The molecule has 0 unspecified atom stereocenters. The first-order valence-electron chi connectivity index (χ1n) is 18.8. The predicted octanol–water partition coefficient (Wildman–Crippen LogP) is 9.07. The summed E-state index contributed by atoms with van der Waals surface area (Å²) in [7, 11) is -0.472. The van der Waals surface area contributed by atoms with E-state index in [0.717, 1.165) is 30.7 Å². The smallest absolute Gasteiger partial charge is 0.202 e. The van der Waals surface area contributed by atoms with Crippen LogP contribution < -0.4 is 5.73 Å². The average Bonchev–Trinajstić information content (AvgIpc) is 4.02. The second kappa shape index (κ2) is 17.1. The Morgan fingerprint density at radius 2 is 1.14 bits per heavy atom. The third-order valence-electron chi connectivity index (χ3n) is 9.71. The molecule has 2 heterocycles. The molecule has 1 radical (unpaired) electrons. The van der Waals surface area contributed by atoms with Crippen molar-refractivity contribution in [2.45, 2.75) is 123 Å². The number of benzene rings is 2. The molecular formula is C40H59BN5O3Si2. The first-order chi connectivity index (χ1) is 24.2. The molecule has 8 nitrogen and oxygen atoms in total. The van der Waals surface area contributed by atoms with Crippen molar-refractivity contribution < 1.29 is 14.3 Å². The lowest BCUT2D eigenvalue weighted by Gasteiger charge is -2.15. The van der Waals surface area contributed by atoms with E-state index in [1.807, 2.05) is 21.5 Å². The number of nitrogen functional groups attached to an aromatic ring is 1. The highest BCUT2D eigenvalue weighted by atomic mass is 28.3. The molecule has 2 fully saturated rings. The van der Waals surface area contributed by atoms with Gasteiger partial charge in [0.15, 0.2) is 0 Å². The number of nitrogens with zero attached hydrogens (tertiary/aromatic N) is 4. The summed E-state index contributed by atoms with van der Waals surface area (Å²) in [6.45, 7) is 21.2. The van der Waals surface area contributed by atoms with E-state index >= 15 is 0 Å². The van der Waals surface area contributed by atoms with Crippen LogP contribution >= 0.6 is 0 Å². The van der Waals surface area contributed by atoms with Crippen molar-refractivity contribution in [2.24, 2.45) is 0 Å². The Hall–Kier alpha value is -3.25. The van der Waals surface area contributed by atoms with Crippen LogP contribution in [0.5, 0.6) is 0 Å². The fourth-order valence-corrected chi connectivity index (χ4v) is 7.60. The van der Waals surface area contributed by atoms with Gasteiger partial charge in [0.05, 0.1) is 17.6 Å². The quantitative estimate of drug-likeness (QED) is 0.0505. The van der Waals surface area contributed by atoms with Crippen molar-refractivity contribution in [3.63, 3.8) is 0 Å². The number of hydrogen-bond acceptors (Lipinski definition) is 6. The normalized spacial score (nSPS) is 14.7. The van der Waals surface area contributed by atoms with Crippen LogP contribution in [0.15, 0.2) is 48.5 Å². The van der Waals surface area contributed by atoms with Crippen LogP contribution in [-0.4, -0.2) is 62.4 Å². The molecule has 11 heteroatoms. The molecule has 2 aromatic heterocycles. The van der Waals surface area contributed by atoms with Crippen molar-refractivity contribution in [1.29, 1.82) is 0 Å². The molecule has 0 saturated heterocycles. The van der Waals surface area contributed by atoms with Crippen LogP contribution in [-0.2, 0) is 34.1 Å². The topological polar surface area (TPSA) is 97.2 Å². The molecule has 0 aliphatic heterocycles. The number of ether oxygens (including phenoxy) is 2. The second-order valence-corrected chi connectivity index (χ2v) is 28.1. The summed E-state index contributed by atoms with van der Waals surface area (Å²) < 4.78 is 15.9.